The van der Waals surface area contributed by atoms with Crippen molar-refractivity contribution in [2.24, 2.45) is 0 Å². The fourth-order valence-electron chi connectivity index (χ4n) is 2.84. The molecule has 0 spiro atoms. The monoisotopic (exact) mass is 389 g/mol. The summed E-state index contributed by atoms with van der Waals surface area (Å²) in [4.78, 5) is 12.4. The Morgan fingerprint density at radius 2 is 1.93 bits per heavy atom. The standard InChI is InChI=1S/C20H23NO7/c22-9-3-6-17(15-4-1-2-5-16(15)25-11-10-23)28-20(24)21-14-7-8-18-19(12-14)27-13-26-18/h1-2,4-5,7-8,12,17,22-23H,3,6,9-11,13H2,(H,21,24)/t17-/m1/s1. The summed E-state index contributed by atoms with van der Waals surface area (Å²) in [7, 11) is 0. The van der Waals surface area contributed by atoms with Gasteiger partial charge in [-0.15, -0.1) is 0 Å². The molecule has 0 bridgehead atoms. The lowest BCUT2D eigenvalue weighted by molar-refractivity contribution is 0.0964. The highest BCUT2D eigenvalue weighted by Gasteiger charge is 2.21. The zero-order valence-electron chi connectivity index (χ0n) is 15.3. The van der Waals surface area contributed by atoms with Gasteiger partial charge in [0, 0.05) is 23.9 Å². The van der Waals surface area contributed by atoms with Gasteiger partial charge in [0.1, 0.15) is 18.5 Å². The summed E-state index contributed by atoms with van der Waals surface area (Å²) in [6.07, 6.45) is -0.379. The molecule has 0 aliphatic carbocycles. The van der Waals surface area contributed by atoms with E-state index >= 15 is 0 Å². The lowest BCUT2D eigenvalue weighted by Crippen LogP contribution is -2.18. The SMILES string of the molecule is O=C(Nc1ccc2c(c1)OCO2)O[C@H](CCCO)c1ccccc1OCCO. The minimum absolute atomic E-state index is 0.0245. The van der Waals surface area contributed by atoms with Crippen LogP contribution in [0.3, 0.4) is 0 Å². The molecule has 2 aromatic carbocycles. The number of rotatable bonds is 9. The molecule has 28 heavy (non-hydrogen) atoms. The van der Waals surface area contributed by atoms with Crippen molar-refractivity contribution in [3.63, 3.8) is 0 Å². The van der Waals surface area contributed by atoms with Gasteiger partial charge < -0.3 is 29.2 Å². The second kappa shape index (κ2) is 9.82. The highest BCUT2D eigenvalue weighted by Crippen LogP contribution is 2.35. The second-order valence-corrected chi connectivity index (χ2v) is 6.06. The lowest BCUT2D eigenvalue weighted by Gasteiger charge is -2.21. The molecule has 1 amide bonds. The number of aliphatic hydroxyl groups excluding tert-OH is 2. The average molecular weight is 389 g/mol. The maximum Gasteiger partial charge on any atom is 0.412 e. The number of benzene rings is 2. The van der Waals surface area contributed by atoms with E-state index in [1.165, 1.54) is 0 Å². The third-order valence-corrected chi connectivity index (χ3v) is 4.11. The van der Waals surface area contributed by atoms with Crippen LogP contribution in [-0.4, -0.2) is 42.9 Å². The van der Waals surface area contributed by atoms with Crippen LogP contribution in [0.2, 0.25) is 0 Å². The predicted molar refractivity (Wildman–Crippen MR) is 101 cm³/mol. The summed E-state index contributed by atoms with van der Waals surface area (Å²) < 4.78 is 21.7. The summed E-state index contributed by atoms with van der Waals surface area (Å²) in [5.74, 6) is 1.70. The molecule has 8 nitrogen and oxygen atoms in total. The van der Waals surface area contributed by atoms with E-state index in [1.54, 1.807) is 36.4 Å². The molecule has 1 heterocycles. The Morgan fingerprint density at radius 3 is 2.75 bits per heavy atom. The lowest BCUT2D eigenvalue weighted by atomic mass is 10.0. The number of carbonyl (C=O) groups is 1. The van der Waals surface area contributed by atoms with Gasteiger partial charge in [0.15, 0.2) is 11.5 Å². The van der Waals surface area contributed by atoms with Crippen LogP contribution in [0.5, 0.6) is 17.2 Å². The molecular weight excluding hydrogens is 366 g/mol. The molecule has 0 radical (unpaired) electrons. The molecule has 1 atom stereocenters. The second-order valence-electron chi connectivity index (χ2n) is 6.06. The summed E-state index contributed by atoms with van der Waals surface area (Å²) in [5, 5.41) is 20.9. The molecule has 0 fully saturated rings. The van der Waals surface area contributed by atoms with Gasteiger partial charge in [0.25, 0.3) is 0 Å². The van der Waals surface area contributed by atoms with E-state index in [2.05, 4.69) is 5.32 Å². The fourth-order valence-corrected chi connectivity index (χ4v) is 2.84. The van der Waals surface area contributed by atoms with Crippen molar-refractivity contribution in [1.82, 2.24) is 0 Å². The number of para-hydroxylation sites is 1. The average Bonchev–Trinajstić information content (AvgIpc) is 3.17. The molecule has 0 unspecified atom stereocenters. The van der Waals surface area contributed by atoms with Crippen LogP contribution in [0.25, 0.3) is 0 Å². The number of fused-ring (bicyclic) bond motifs is 1. The summed E-state index contributed by atoms with van der Waals surface area (Å²) >= 11 is 0. The van der Waals surface area contributed by atoms with Crippen molar-refractivity contribution in [3.8, 4) is 17.2 Å². The molecule has 3 N–H and O–H groups in total. The number of nitrogens with one attached hydrogen (secondary N) is 1. The Bertz CT molecular complexity index is 796. The van der Waals surface area contributed by atoms with E-state index in [9.17, 15) is 9.90 Å². The van der Waals surface area contributed by atoms with Crippen molar-refractivity contribution < 1.29 is 34.0 Å². The first kappa shape index (κ1) is 19.8. The summed E-state index contributed by atoms with van der Waals surface area (Å²) in [6, 6.07) is 12.2. The van der Waals surface area contributed by atoms with Gasteiger partial charge in [-0.1, -0.05) is 18.2 Å². The van der Waals surface area contributed by atoms with Gasteiger partial charge in [-0.3, -0.25) is 5.32 Å². The Kier molecular flexibility index (Phi) is 6.94. The molecule has 150 valence electrons. The minimum Gasteiger partial charge on any atom is -0.491 e. The minimum atomic E-state index is -0.640. The number of hydrogen-bond donors (Lipinski definition) is 3. The van der Waals surface area contributed by atoms with Crippen molar-refractivity contribution in [2.45, 2.75) is 18.9 Å². The van der Waals surface area contributed by atoms with Crippen LogP contribution in [0.1, 0.15) is 24.5 Å². The maximum absolute atomic E-state index is 12.4. The number of ether oxygens (including phenoxy) is 4. The van der Waals surface area contributed by atoms with E-state index in [-0.39, 0.29) is 26.6 Å². The van der Waals surface area contributed by atoms with Crippen molar-refractivity contribution >= 4 is 11.8 Å². The maximum atomic E-state index is 12.4. The molecule has 8 heteroatoms. The van der Waals surface area contributed by atoms with Crippen LogP contribution in [0.4, 0.5) is 10.5 Å². The van der Waals surface area contributed by atoms with E-state index in [0.29, 0.717) is 41.3 Å². The first-order chi connectivity index (χ1) is 13.7. The Balaban J connectivity index is 1.71. The Labute approximate surface area is 162 Å². The number of carbonyl (C=O) groups excluding carboxylic acids is 1. The molecule has 0 saturated carbocycles. The predicted octanol–water partition coefficient (Wildman–Crippen LogP) is 2.85. The summed E-state index contributed by atoms with van der Waals surface area (Å²) in [6.45, 7) is 0.134. The quantitative estimate of drug-likeness (QED) is 0.605. The molecule has 0 saturated heterocycles. The van der Waals surface area contributed by atoms with Crippen molar-refractivity contribution in [1.29, 1.82) is 0 Å². The van der Waals surface area contributed by atoms with E-state index in [4.69, 9.17) is 24.1 Å². The Morgan fingerprint density at radius 1 is 1.11 bits per heavy atom. The van der Waals surface area contributed by atoms with Crippen LogP contribution in [0, 0.1) is 0 Å². The van der Waals surface area contributed by atoms with Crippen LogP contribution in [0.15, 0.2) is 42.5 Å². The van der Waals surface area contributed by atoms with Crippen LogP contribution >= 0.6 is 0 Å². The molecule has 2 aromatic rings. The first-order valence-corrected chi connectivity index (χ1v) is 9.02. The normalized spacial score (nSPS) is 13.1. The zero-order chi connectivity index (χ0) is 19.8. The van der Waals surface area contributed by atoms with Crippen molar-refractivity contribution in [3.05, 3.63) is 48.0 Å². The molecule has 3 rings (SSSR count). The Hall–Kier alpha value is -2.97. The van der Waals surface area contributed by atoms with Crippen LogP contribution in [-0.2, 0) is 4.74 Å². The van der Waals surface area contributed by atoms with Gasteiger partial charge in [-0.25, -0.2) is 4.79 Å². The van der Waals surface area contributed by atoms with E-state index < -0.39 is 12.2 Å². The summed E-state index contributed by atoms with van der Waals surface area (Å²) in [5.41, 5.74) is 1.19. The highest BCUT2D eigenvalue weighted by molar-refractivity contribution is 5.85. The fraction of sp³-hybridized carbons (Fsp3) is 0.350. The highest BCUT2D eigenvalue weighted by atomic mass is 16.7. The third kappa shape index (κ3) is 5.05. The first-order valence-electron chi connectivity index (χ1n) is 9.02. The van der Waals surface area contributed by atoms with Gasteiger partial charge in [0.2, 0.25) is 6.79 Å². The molecular formula is C20H23NO7. The molecule has 1 aliphatic rings. The molecule has 1 aliphatic heterocycles. The zero-order valence-corrected chi connectivity index (χ0v) is 15.3. The smallest absolute Gasteiger partial charge is 0.412 e. The largest absolute Gasteiger partial charge is 0.491 e. The number of aliphatic hydroxyl groups is 2. The van der Waals surface area contributed by atoms with Gasteiger partial charge in [-0.2, -0.15) is 0 Å². The molecule has 0 aromatic heterocycles. The van der Waals surface area contributed by atoms with Gasteiger partial charge in [0.05, 0.1) is 6.61 Å². The van der Waals surface area contributed by atoms with E-state index in [1.807, 2.05) is 6.07 Å². The van der Waals surface area contributed by atoms with Crippen molar-refractivity contribution in [2.75, 3.05) is 31.9 Å². The number of amides is 1. The van der Waals surface area contributed by atoms with Crippen LogP contribution < -0.4 is 19.5 Å². The van der Waals surface area contributed by atoms with Gasteiger partial charge in [-0.05, 0) is 31.0 Å². The number of anilines is 1. The van der Waals surface area contributed by atoms with E-state index in [0.717, 1.165) is 0 Å². The topological polar surface area (TPSA) is 106 Å². The third-order valence-electron chi connectivity index (χ3n) is 4.11. The van der Waals surface area contributed by atoms with Gasteiger partial charge >= 0.3 is 6.09 Å². The number of hydrogen-bond acceptors (Lipinski definition) is 7.